The van der Waals surface area contributed by atoms with Crippen LogP contribution in [-0.4, -0.2) is 13.3 Å². The van der Waals surface area contributed by atoms with Gasteiger partial charge in [0.2, 0.25) is 0 Å². The van der Waals surface area contributed by atoms with Crippen molar-refractivity contribution in [1.29, 1.82) is 0 Å². The minimum atomic E-state index is -0.929. The van der Waals surface area contributed by atoms with E-state index in [9.17, 15) is 8.78 Å². The molecule has 0 bridgehead atoms. The maximum atomic E-state index is 13.4. The molecule has 168 valence electrons. The molecular weight excluding hydrogens is 408 g/mol. The molecule has 5 heteroatoms. The molecule has 3 aromatic rings. The second-order valence-electron chi connectivity index (χ2n) is 8.89. The van der Waals surface area contributed by atoms with Gasteiger partial charge in [-0.1, -0.05) is 32.9 Å². The lowest BCUT2D eigenvalue weighted by molar-refractivity contribution is 0.283. The molecule has 0 aromatic heterocycles. The quantitative estimate of drug-likeness (QED) is 0.381. The van der Waals surface area contributed by atoms with Crippen LogP contribution in [0.15, 0.2) is 53.5 Å². The fourth-order valence-corrected chi connectivity index (χ4v) is 3.40. The number of halogens is 2. The van der Waals surface area contributed by atoms with E-state index in [0.29, 0.717) is 23.8 Å². The van der Waals surface area contributed by atoms with Crippen molar-refractivity contribution in [2.45, 2.75) is 46.6 Å². The summed E-state index contributed by atoms with van der Waals surface area (Å²) in [5, 5.41) is 0. The van der Waals surface area contributed by atoms with Gasteiger partial charge in [-0.2, -0.15) is 0 Å². The zero-order valence-electron chi connectivity index (χ0n) is 19.4. The Morgan fingerprint density at radius 1 is 0.875 bits per heavy atom. The summed E-state index contributed by atoms with van der Waals surface area (Å²) in [5.41, 5.74) is 6.03. The normalized spacial score (nSPS) is 11.8. The summed E-state index contributed by atoms with van der Waals surface area (Å²) in [5.74, 6) is -0.634. The van der Waals surface area contributed by atoms with E-state index in [1.807, 2.05) is 12.1 Å². The van der Waals surface area contributed by atoms with Crippen molar-refractivity contribution in [2.24, 2.45) is 4.99 Å². The third-order valence-electron chi connectivity index (χ3n) is 5.39. The van der Waals surface area contributed by atoms with E-state index < -0.39 is 11.6 Å². The van der Waals surface area contributed by atoms with Crippen molar-refractivity contribution in [3.05, 3.63) is 88.0 Å². The van der Waals surface area contributed by atoms with E-state index in [4.69, 9.17) is 9.47 Å². The van der Waals surface area contributed by atoms with Crippen LogP contribution in [0.4, 0.5) is 14.5 Å². The third-order valence-corrected chi connectivity index (χ3v) is 5.39. The lowest BCUT2D eigenvalue weighted by atomic mass is 9.84. The maximum Gasteiger partial charge on any atom is 0.161 e. The van der Waals surface area contributed by atoms with Crippen LogP contribution in [-0.2, 0) is 12.0 Å². The molecule has 0 atom stereocenters. The number of aryl methyl sites for hydroxylation is 2. The first-order valence-electron chi connectivity index (χ1n) is 10.5. The molecule has 0 aliphatic heterocycles. The molecule has 3 rings (SSSR count). The van der Waals surface area contributed by atoms with Crippen molar-refractivity contribution < 1.29 is 18.3 Å². The van der Waals surface area contributed by atoms with Gasteiger partial charge in [-0.05, 0) is 77.4 Å². The average molecular weight is 438 g/mol. The molecule has 0 spiro atoms. The molecule has 0 radical (unpaired) electrons. The molecule has 0 amide bonds. The molecule has 3 nitrogen and oxygen atoms in total. The van der Waals surface area contributed by atoms with Gasteiger partial charge in [0, 0.05) is 12.3 Å². The average Bonchev–Trinajstić information content (AvgIpc) is 2.73. The number of hydrogen-bond acceptors (Lipinski definition) is 3. The SMILES string of the molecule is COc1cc(C=Nc2ccc(F)c(F)c2)ccc1OCc1c(C)cc(C(C)(C)C)cc1C. The number of aliphatic imine (C=N–C) groups is 1. The van der Waals surface area contributed by atoms with E-state index in [2.05, 4.69) is 51.7 Å². The predicted octanol–water partition coefficient (Wildman–Crippen LogP) is 7.22. The van der Waals surface area contributed by atoms with Gasteiger partial charge >= 0.3 is 0 Å². The molecule has 3 aromatic carbocycles. The number of hydrogen-bond donors (Lipinski definition) is 0. The molecule has 0 aliphatic rings. The number of methoxy groups -OCH3 is 1. The van der Waals surface area contributed by atoms with Crippen molar-refractivity contribution >= 4 is 11.9 Å². The first kappa shape index (κ1) is 23.5. The molecule has 32 heavy (non-hydrogen) atoms. The van der Waals surface area contributed by atoms with Crippen LogP contribution in [0.2, 0.25) is 0 Å². The minimum absolute atomic E-state index is 0.0925. The van der Waals surface area contributed by atoms with Crippen molar-refractivity contribution in [2.75, 3.05) is 7.11 Å². The van der Waals surface area contributed by atoms with Crippen LogP contribution in [0.25, 0.3) is 0 Å². The number of rotatable bonds is 6. The van der Waals surface area contributed by atoms with Crippen LogP contribution >= 0.6 is 0 Å². The summed E-state index contributed by atoms with van der Waals surface area (Å²) >= 11 is 0. The summed E-state index contributed by atoms with van der Waals surface area (Å²) in [7, 11) is 1.58. The number of ether oxygens (including phenoxy) is 2. The van der Waals surface area contributed by atoms with Gasteiger partial charge in [0.1, 0.15) is 6.61 Å². The van der Waals surface area contributed by atoms with Crippen molar-refractivity contribution in [1.82, 2.24) is 0 Å². The highest BCUT2D eigenvalue weighted by atomic mass is 19.2. The standard InChI is InChI=1S/C27H29F2NO2/c1-17-11-20(27(3,4)5)12-18(2)22(17)16-32-25-10-7-19(13-26(25)31-6)15-30-21-8-9-23(28)24(29)14-21/h7-15H,16H2,1-6H3. The number of nitrogens with zero attached hydrogens (tertiary/aromatic N) is 1. The van der Waals surface area contributed by atoms with E-state index >= 15 is 0 Å². The summed E-state index contributed by atoms with van der Waals surface area (Å²) in [4.78, 5) is 4.20. The molecule has 0 N–H and O–H groups in total. The highest BCUT2D eigenvalue weighted by molar-refractivity contribution is 5.83. The Kier molecular flexibility index (Phi) is 6.97. The zero-order chi connectivity index (χ0) is 23.5. The molecule has 0 aliphatic carbocycles. The summed E-state index contributed by atoms with van der Waals surface area (Å²) < 4.78 is 38.0. The maximum absolute atomic E-state index is 13.4. The van der Waals surface area contributed by atoms with Crippen LogP contribution < -0.4 is 9.47 Å². The Balaban J connectivity index is 1.77. The van der Waals surface area contributed by atoms with E-state index in [0.717, 1.165) is 23.3 Å². The van der Waals surface area contributed by atoms with Crippen LogP contribution in [0.3, 0.4) is 0 Å². The van der Waals surface area contributed by atoms with Gasteiger partial charge in [0.05, 0.1) is 12.8 Å². The first-order valence-corrected chi connectivity index (χ1v) is 10.5. The smallest absolute Gasteiger partial charge is 0.161 e. The Morgan fingerprint density at radius 2 is 1.56 bits per heavy atom. The van der Waals surface area contributed by atoms with E-state index in [1.165, 1.54) is 22.8 Å². The van der Waals surface area contributed by atoms with E-state index in [1.54, 1.807) is 19.4 Å². The lowest BCUT2D eigenvalue weighted by Gasteiger charge is -2.22. The predicted molar refractivity (Wildman–Crippen MR) is 126 cm³/mol. The van der Waals surface area contributed by atoms with Crippen LogP contribution in [0, 0.1) is 25.5 Å². The monoisotopic (exact) mass is 437 g/mol. The van der Waals surface area contributed by atoms with Gasteiger partial charge in [-0.25, -0.2) is 8.78 Å². The summed E-state index contributed by atoms with van der Waals surface area (Å²) in [6.45, 7) is 11.3. The summed E-state index contributed by atoms with van der Waals surface area (Å²) in [6.07, 6.45) is 1.57. The van der Waals surface area contributed by atoms with Gasteiger partial charge in [-0.15, -0.1) is 0 Å². The molecule has 0 fully saturated rings. The fraction of sp³-hybridized carbons (Fsp3) is 0.296. The molecule has 0 saturated carbocycles. The van der Waals surface area contributed by atoms with Gasteiger partial charge in [0.25, 0.3) is 0 Å². The molecule has 0 heterocycles. The second kappa shape index (κ2) is 9.51. The topological polar surface area (TPSA) is 30.8 Å². The Bertz CT molecular complexity index is 1120. The fourth-order valence-electron chi connectivity index (χ4n) is 3.40. The molecular formula is C27H29F2NO2. The minimum Gasteiger partial charge on any atom is -0.493 e. The van der Waals surface area contributed by atoms with E-state index in [-0.39, 0.29) is 5.41 Å². The summed E-state index contributed by atoms with van der Waals surface area (Å²) in [6, 6.07) is 13.4. The molecule has 0 saturated heterocycles. The zero-order valence-corrected chi connectivity index (χ0v) is 19.4. The van der Waals surface area contributed by atoms with Gasteiger partial charge in [0.15, 0.2) is 23.1 Å². The first-order chi connectivity index (χ1) is 15.1. The molecule has 0 unspecified atom stereocenters. The lowest BCUT2D eigenvalue weighted by Crippen LogP contribution is -2.13. The Labute approximate surface area is 188 Å². The van der Waals surface area contributed by atoms with Crippen LogP contribution in [0.1, 0.15) is 48.6 Å². The van der Waals surface area contributed by atoms with Crippen molar-refractivity contribution in [3.8, 4) is 11.5 Å². The highest BCUT2D eigenvalue weighted by Crippen LogP contribution is 2.31. The largest absolute Gasteiger partial charge is 0.493 e. The Hall–Kier alpha value is -3.21. The van der Waals surface area contributed by atoms with Gasteiger partial charge in [-0.3, -0.25) is 4.99 Å². The van der Waals surface area contributed by atoms with Crippen LogP contribution in [0.5, 0.6) is 11.5 Å². The van der Waals surface area contributed by atoms with Gasteiger partial charge < -0.3 is 9.47 Å². The number of benzene rings is 3. The van der Waals surface area contributed by atoms with Crippen molar-refractivity contribution in [3.63, 3.8) is 0 Å². The highest BCUT2D eigenvalue weighted by Gasteiger charge is 2.17. The Morgan fingerprint density at radius 3 is 2.16 bits per heavy atom. The second-order valence-corrected chi connectivity index (χ2v) is 8.89. The third kappa shape index (κ3) is 5.52.